The lowest BCUT2D eigenvalue weighted by atomic mass is 10.1. The van der Waals surface area contributed by atoms with Crippen LogP contribution in [0.5, 0.6) is 0 Å². The number of hydrogen-bond donors (Lipinski definition) is 1. The van der Waals surface area contributed by atoms with Crippen LogP contribution in [0.25, 0.3) is 0 Å². The molecule has 0 radical (unpaired) electrons. The summed E-state index contributed by atoms with van der Waals surface area (Å²) in [5.41, 5.74) is 1.75. The van der Waals surface area contributed by atoms with E-state index in [1.165, 1.54) is 38.5 Å². The number of ether oxygens (including phenoxy) is 1. The minimum atomic E-state index is -0.283. The summed E-state index contributed by atoms with van der Waals surface area (Å²) in [5, 5.41) is 0. The lowest BCUT2D eigenvalue weighted by molar-refractivity contribution is 0.0594. The summed E-state index contributed by atoms with van der Waals surface area (Å²) in [5.74, 6) is 0.336. The molecule has 1 aromatic rings. The molecule has 0 spiro atoms. The van der Waals surface area contributed by atoms with E-state index in [0.717, 1.165) is 0 Å². The molecule has 1 aliphatic rings. The third-order valence-corrected chi connectivity index (χ3v) is 2.91. The van der Waals surface area contributed by atoms with E-state index < -0.39 is 0 Å². The van der Waals surface area contributed by atoms with Crippen LogP contribution < -0.4 is 0 Å². The predicted octanol–water partition coefficient (Wildman–Crippen LogP) is 2.46. The van der Waals surface area contributed by atoms with Gasteiger partial charge in [-0.05, 0) is 30.9 Å². The molecular weight excluding hydrogens is 178 g/mol. The Morgan fingerprint density at radius 3 is 2.79 bits per heavy atom. The van der Waals surface area contributed by atoms with E-state index in [1.54, 1.807) is 6.07 Å². The normalized spacial score (nSPS) is 17.2. The van der Waals surface area contributed by atoms with Crippen molar-refractivity contribution in [3.8, 4) is 0 Å². The van der Waals surface area contributed by atoms with E-state index in [1.807, 2.05) is 6.07 Å². The maximum absolute atomic E-state index is 11.2. The summed E-state index contributed by atoms with van der Waals surface area (Å²) in [6, 6.07) is 3.81. The molecular formula is C11H15NO2. The number of carbonyl (C=O) groups is 1. The van der Waals surface area contributed by atoms with Gasteiger partial charge in [0.05, 0.1) is 7.11 Å². The monoisotopic (exact) mass is 193 g/mol. The first kappa shape index (κ1) is 9.31. The number of esters is 1. The number of aromatic amines is 1. The van der Waals surface area contributed by atoms with Gasteiger partial charge >= 0.3 is 5.97 Å². The molecule has 0 amide bonds. The fourth-order valence-corrected chi connectivity index (χ4v) is 2.12. The van der Waals surface area contributed by atoms with Gasteiger partial charge in [-0.2, -0.15) is 0 Å². The van der Waals surface area contributed by atoms with Gasteiger partial charge in [0, 0.05) is 5.69 Å². The molecule has 0 saturated heterocycles. The molecule has 1 fully saturated rings. The van der Waals surface area contributed by atoms with Gasteiger partial charge < -0.3 is 9.72 Å². The summed E-state index contributed by atoms with van der Waals surface area (Å²) >= 11 is 0. The van der Waals surface area contributed by atoms with Gasteiger partial charge in [0.25, 0.3) is 0 Å². The van der Waals surface area contributed by atoms with Gasteiger partial charge in [0.15, 0.2) is 0 Å². The number of carbonyl (C=O) groups excluding carboxylic acids is 1. The van der Waals surface area contributed by atoms with Gasteiger partial charge in [-0.3, -0.25) is 0 Å². The van der Waals surface area contributed by atoms with Gasteiger partial charge in [0.2, 0.25) is 0 Å². The molecule has 0 atom stereocenters. The van der Waals surface area contributed by atoms with E-state index in [4.69, 9.17) is 0 Å². The number of hydrogen-bond acceptors (Lipinski definition) is 2. The summed E-state index contributed by atoms with van der Waals surface area (Å²) < 4.78 is 4.64. The van der Waals surface area contributed by atoms with Crippen molar-refractivity contribution in [2.75, 3.05) is 7.11 Å². The third-order valence-electron chi connectivity index (χ3n) is 2.91. The second kappa shape index (κ2) is 3.86. The summed E-state index contributed by atoms with van der Waals surface area (Å²) in [6.45, 7) is 0. The standard InChI is InChI=1S/C11H15NO2/c1-14-11(13)10-7-6-9(12-10)8-4-2-3-5-8/h6-8,12H,2-5H2,1H3. The van der Waals surface area contributed by atoms with Gasteiger partial charge in [-0.15, -0.1) is 0 Å². The van der Waals surface area contributed by atoms with Gasteiger partial charge in [-0.25, -0.2) is 4.79 Å². The number of aromatic nitrogens is 1. The predicted molar refractivity (Wildman–Crippen MR) is 53.3 cm³/mol. The van der Waals surface area contributed by atoms with Crippen LogP contribution in [-0.2, 0) is 4.74 Å². The molecule has 1 N–H and O–H groups in total. The number of methoxy groups -OCH3 is 1. The third kappa shape index (κ3) is 1.67. The Kier molecular flexibility index (Phi) is 2.57. The summed E-state index contributed by atoms with van der Waals surface area (Å²) in [7, 11) is 1.40. The van der Waals surface area contributed by atoms with E-state index >= 15 is 0 Å². The van der Waals surface area contributed by atoms with Crippen LogP contribution in [0.15, 0.2) is 12.1 Å². The van der Waals surface area contributed by atoms with Crippen LogP contribution >= 0.6 is 0 Å². The fraction of sp³-hybridized carbons (Fsp3) is 0.545. The molecule has 1 aromatic heterocycles. The molecule has 1 saturated carbocycles. The molecule has 3 nitrogen and oxygen atoms in total. The van der Waals surface area contributed by atoms with Crippen LogP contribution in [0.2, 0.25) is 0 Å². The van der Waals surface area contributed by atoms with Crippen molar-refractivity contribution < 1.29 is 9.53 Å². The highest BCUT2D eigenvalue weighted by Crippen LogP contribution is 2.33. The first-order valence-corrected chi connectivity index (χ1v) is 5.08. The zero-order valence-corrected chi connectivity index (χ0v) is 8.38. The summed E-state index contributed by atoms with van der Waals surface area (Å²) in [6.07, 6.45) is 5.08. The Labute approximate surface area is 83.5 Å². The van der Waals surface area contributed by atoms with Gasteiger partial charge in [0.1, 0.15) is 5.69 Å². The Morgan fingerprint density at radius 2 is 2.14 bits per heavy atom. The van der Waals surface area contributed by atoms with E-state index in [0.29, 0.717) is 11.6 Å². The number of H-pyrrole nitrogens is 1. The van der Waals surface area contributed by atoms with Crippen molar-refractivity contribution in [1.29, 1.82) is 0 Å². The lowest BCUT2D eigenvalue weighted by Crippen LogP contribution is -2.02. The molecule has 1 aliphatic carbocycles. The molecule has 3 heteroatoms. The first-order chi connectivity index (χ1) is 6.81. The molecule has 14 heavy (non-hydrogen) atoms. The minimum Gasteiger partial charge on any atom is -0.464 e. The van der Waals surface area contributed by atoms with E-state index in [2.05, 4.69) is 9.72 Å². The smallest absolute Gasteiger partial charge is 0.354 e. The highest BCUT2D eigenvalue weighted by Gasteiger charge is 2.19. The highest BCUT2D eigenvalue weighted by molar-refractivity contribution is 5.87. The molecule has 1 heterocycles. The van der Waals surface area contributed by atoms with Crippen LogP contribution in [-0.4, -0.2) is 18.1 Å². The molecule has 0 aliphatic heterocycles. The number of nitrogens with one attached hydrogen (secondary N) is 1. The molecule has 2 rings (SSSR count). The zero-order valence-electron chi connectivity index (χ0n) is 8.38. The van der Waals surface area contributed by atoms with Crippen molar-refractivity contribution in [3.05, 3.63) is 23.5 Å². The van der Waals surface area contributed by atoms with Crippen LogP contribution in [0, 0.1) is 0 Å². The van der Waals surface area contributed by atoms with Crippen molar-refractivity contribution in [3.63, 3.8) is 0 Å². The average molecular weight is 193 g/mol. The van der Waals surface area contributed by atoms with Crippen LogP contribution in [0.1, 0.15) is 47.8 Å². The highest BCUT2D eigenvalue weighted by atomic mass is 16.5. The van der Waals surface area contributed by atoms with Crippen LogP contribution in [0.3, 0.4) is 0 Å². The van der Waals surface area contributed by atoms with E-state index in [-0.39, 0.29) is 5.97 Å². The maximum Gasteiger partial charge on any atom is 0.354 e. The Balaban J connectivity index is 2.12. The molecule has 0 bridgehead atoms. The van der Waals surface area contributed by atoms with Gasteiger partial charge in [-0.1, -0.05) is 12.8 Å². The first-order valence-electron chi connectivity index (χ1n) is 5.08. The SMILES string of the molecule is COC(=O)c1ccc(C2CCCC2)[nH]1. The zero-order chi connectivity index (χ0) is 9.97. The summed E-state index contributed by atoms with van der Waals surface area (Å²) in [4.78, 5) is 14.3. The quantitative estimate of drug-likeness (QED) is 0.733. The Hall–Kier alpha value is -1.25. The number of rotatable bonds is 2. The van der Waals surface area contributed by atoms with Crippen LogP contribution in [0.4, 0.5) is 0 Å². The Bertz CT molecular complexity index is 324. The van der Waals surface area contributed by atoms with E-state index in [9.17, 15) is 4.79 Å². The fourth-order valence-electron chi connectivity index (χ4n) is 2.12. The molecule has 0 unspecified atom stereocenters. The maximum atomic E-state index is 11.2. The lowest BCUT2D eigenvalue weighted by Gasteiger charge is -2.05. The topological polar surface area (TPSA) is 42.1 Å². The average Bonchev–Trinajstić information content (AvgIpc) is 2.86. The van der Waals surface area contributed by atoms with Crippen molar-refractivity contribution >= 4 is 5.97 Å². The molecule has 0 aromatic carbocycles. The molecule has 76 valence electrons. The largest absolute Gasteiger partial charge is 0.464 e. The minimum absolute atomic E-state index is 0.283. The van der Waals surface area contributed by atoms with Crippen molar-refractivity contribution in [2.45, 2.75) is 31.6 Å². The van der Waals surface area contributed by atoms with Crippen molar-refractivity contribution in [1.82, 2.24) is 4.98 Å². The van der Waals surface area contributed by atoms with Crippen molar-refractivity contribution in [2.24, 2.45) is 0 Å². The second-order valence-electron chi connectivity index (χ2n) is 3.80. The second-order valence-corrected chi connectivity index (χ2v) is 3.80. The Morgan fingerprint density at radius 1 is 1.43 bits per heavy atom.